The third kappa shape index (κ3) is 2.42. The van der Waals surface area contributed by atoms with Crippen LogP contribution in [0.1, 0.15) is 31.2 Å². The molecule has 4 N–H and O–H groups in total. The van der Waals surface area contributed by atoms with E-state index in [0.717, 1.165) is 19.4 Å². The smallest absolute Gasteiger partial charge is 0.0499 e. The van der Waals surface area contributed by atoms with Crippen molar-refractivity contribution in [1.29, 1.82) is 0 Å². The molecule has 1 aliphatic carbocycles. The molecule has 1 fully saturated rings. The third-order valence-corrected chi connectivity index (χ3v) is 4.03. The van der Waals surface area contributed by atoms with Crippen LogP contribution in [0.5, 0.6) is 0 Å². The zero-order chi connectivity index (χ0) is 12.4. The molecule has 0 spiro atoms. The Morgan fingerprint density at radius 2 is 2.00 bits per heavy atom. The van der Waals surface area contributed by atoms with E-state index in [1.807, 2.05) is 6.20 Å². The highest BCUT2D eigenvalue weighted by molar-refractivity contribution is 5.82. The minimum absolute atomic E-state index is 0.426. The molecule has 3 heteroatoms. The highest BCUT2D eigenvalue weighted by Crippen LogP contribution is 2.20. The number of nitrogens with two attached hydrogens (primary N) is 1. The molecule has 1 saturated carbocycles. The van der Waals surface area contributed by atoms with Gasteiger partial charge in [0.25, 0.3) is 0 Å². The summed E-state index contributed by atoms with van der Waals surface area (Å²) in [6.45, 7) is 0.942. The van der Waals surface area contributed by atoms with Gasteiger partial charge < -0.3 is 16.0 Å². The molecule has 1 aliphatic rings. The highest BCUT2D eigenvalue weighted by Gasteiger charge is 2.17. The summed E-state index contributed by atoms with van der Waals surface area (Å²) in [5.74, 6) is 0. The number of nitrogens with one attached hydrogen (secondary N) is 2. The van der Waals surface area contributed by atoms with Crippen molar-refractivity contribution in [1.82, 2.24) is 10.3 Å². The molecule has 0 bridgehead atoms. The number of para-hydroxylation sites is 1. The number of fused-ring (bicyclic) bond motifs is 1. The molecular formula is C15H21N3. The Kier molecular flexibility index (Phi) is 3.35. The maximum absolute atomic E-state index is 5.93. The van der Waals surface area contributed by atoms with E-state index in [4.69, 9.17) is 5.73 Å². The lowest BCUT2D eigenvalue weighted by molar-refractivity contribution is 0.342. The van der Waals surface area contributed by atoms with E-state index in [-0.39, 0.29) is 0 Å². The van der Waals surface area contributed by atoms with Crippen molar-refractivity contribution in [3.63, 3.8) is 0 Å². The summed E-state index contributed by atoms with van der Waals surface area (Å²) in [5, 5.41) is 4.96. The number of hydrogen-bond acceptors (Lipinski definition) is 2. The van der Waals surface area contributed by atoms with Crippen molar-refractivity contribution in [2.24, 2.45) is 5.73 Å². The van der Waals surface area contributed by atoms with Crippen molar-refractivity contribution < 1.29 is 0 Å². The molecule has 1 heterocycles. The lowest BCUT2D eigenvalue weighted by Crippen LogP contribution is -2.37. The molecule has 96 valence electrons. The number of H-pyrrole nitrogens is 1. The first kappa shape index (κ1) is 11.8. The predicted octanol–water partition coefficient (Wildman–Crippen LogP) is 2.53. The van der Waals surface area contributed by atoms with Crippen LogP contribution in [0, 0.1) is 0 Å². The van der Waals surface area contributed by atoms with Gasteiger partial charge in [-0.3, -0.25) is 0 Å². The van der Waals surface area contributed by atoms with Crippen LogP contribution in [0.25, 0.3) is 10.9 Å². The van der Waals surface area contributed by atoms with Gasteiger partial charge in [0, 0.05) is 30.3 Å². The minimum atomic E-state index is 0.426. The summed E-state index contributed by atoms with van der Waals surface area (Å²) in [6.07, 6.45) is 6.74. The van der Waals surface area contributed by atoms with E-state index >= 15 is 0 Å². The second-order valence-corrected chi connectivity index (χ2v) is 5.35. The van der Waals surface area contributed by atoms with Crippen LogP contribution in [0.3, 0.4) is 0 Å². The average molecular weight is 243 g/mol. The highest BCUT2D eigenvalue weighted by atomic mass is 14.9. The van der Waals surface area contributed by atoms with Crippen molar-refractivity contribution in [2.75, 3.05) is 0 Å². The van der Waals surface area contributed by atoms with E-state index in [9.17, 15) is 0 Å². The molecule has 3 rings (SSSR count). The van der Waals surface area contributed by atoms with Crippen LogP contribution in [-0.4, -0.2) is 17.1 Å². The van der Waals surface area contributed by atoms with Crippen LogP contribution >= 0.6 is 0 Å². The normalized spacial score (nSPS) is 24.5. The zero-order valence-corrected chi connectivity index (χ0v) is 10.7. The van der Waals surface area contributed by atoms with Crippen LogP contribution in [-0.2, 0) is 6.54 Å². The molecule has 18 heavy (non-hydrogen) atoms. The Labute approximate surface area is 108 Å². The lowest BCUT2D eigenvalue weighted by Gasteiger charge is -2.27. The Morgan fingerprint density at radius 1 is 1.17 bits per heavy atom. The Balaban J connectivity index is 1.64. The Bertz CT molecular complexity index is 509. The quantitative estimate of drug-likeness (QED) is 0.776. The summed E-state index contributed by atoms with van der Waals surface area (Å²) in [4.78, 5) is 3.32. The number of hydrogen-bond donors (Lipinski definition) is 3. The van der Waals surface area contributed by atoms with Crippen molar-refractivity contribution in [3.05, 3.63) is 36.0 Å². The van der Waals surface area contributed by atoms with Crippen LogP contribution in [0.15, 0.2) is 30.5 Å². The van der Waals surface area contributed by atoms with Gasteiger partial charge in [-0.25, -0.2) is 0 Å². The summed E-state index contributed by atoms with van der Waals surface area (Å²) in [7, 11) is 0. The van der Waals surface area contributed by atoms with E-state index in [1.54, 1.807) is 0 Å². The molecule has 1 aromatic heterocycles. The topological polar surface area (TPSA) is 53.8 Å². The van der Waals surface area contributed by atoms with Crippen molar-refractivity contribution >= 4 is 10.9 Å². The summed E-state index contributed by atoms with van der Waals surface area (Å²) in [5.41, 5.74) is 8.55. The first-order valence-corrected chi connectivity index (χ1v) is 6.87. The molecule has 2 aromatic rings. The van der Waals surface area contributed by atoms with Crippen LogP contribution in [0.4, 0.5) is 0 Å². The fraction of sp³-hybridized carbons (Fsp3) is 0.467. The van der Waals surface area contributed by atoms with E-state index in [0.29, 0.717) is 12.1 Å². The average Bonchev–Trinajstić information content (AvgIpc) is 2.87. The molecule has 0 radical (unpaired) electrons. The predicted molar refractivity (Wildman–Crippen MR) is 75.4 cm³/mol. The lowest BCUT2D eigenvalue weighted by atomic mass is 9.91. The van der Waals surface area contributed by atoms with Gasteiger partial charge in [0.05, 0.1) is 0 Å². The van der Waals surface area contributed by atoms with Gasteiger partial charge in [0.2, 0.25) is 0 Å². The number of aromatic amines is 1. The largest absolute Gasteiger partial charge is 0.361 e. The van der Waals surface area contributed by atoms with Gasteiger partial charge in [-0.15, -0.1) is 0 Å². The molecule has 0 atom stereocenters. The van der Waals surface area contributed by atoms with Gasteiger partial charge >= 0.3 is 0 Å². The Hall–Kier alpha value is -1.32. The first-order chi connectivity index (χ1) is 8.83. The fourth-order valence-electron chi connectivity index (χ4n) is 2.87. The van der Waals surface area contributed by atoms with E-state index < -0.39 is 0 Å². The van der Waals surface area contributed by atoms with Gasteiger partial charge in [0.1, 0.15) is 0 Å². The summed E-state index contributed by atoms with van der Waals surface area (Å²) < 4.78 is 0. The molecular weight excluding hydrogens is 222 g/mol. The zero-order valence-electron chi connectivity index (χ0n) is 10.7. The van der Waals surface area contributed by atoms with Crippen molar-refractivity contribution in [3.8, 4) is 0 Å². The maximum atomic E-state index is 5.93. The van der Waals surface area contributed by atoms with Gasteiger partial charge in [-0.05, 0) is 42.7 Å². The van der Waals surface area contributed by atoms with Gasteiger partial charge in [-0.2, -0.15) is 0 Å². The Morgan fingerprint density at radius 3 is 2.83 bits per heavy atom. The SMILES string of the molecule is NC1CCC(NCc2cccc3cc[nH]c23)CC1. The van der Waals surface area contributed by atoms with E-state index in [1.165, 1.54) is 29.3 Å². The summed E-state index contributed by atoms with van der Waals surface area (Å²) in [6, 6.07) is 9.66. The standard InChI is InChI=1S/C15H21N3/c16-13-4-6-14(7-5-13)18-10-12-3-1-2-11-8-9-17-15(11)12/h1-3,8-9,13-14,17-18H,4-7,10,16H2. The molecule has 3 nitrogen and oxygen atoms in total. The molecule has 0 unspecified atom stereocenters. The molecule has 0 saturated heterocycles. The summed E-state index contributed by atoms with van der Waals surface area (Å²) >= 11 is 0. The number of aromatic nitrogens is 1. The molecule has 1 aromatic carbocycles. The van der Waals surface area contributed by atoms with E-state index in [2.05, 4.69) is 34.6 Å². The molecule has 0 aliphatic heterocycles. The minimum Gasteiger partial charge on any atom is -0.361 e. The number of benzene rings is 1. The third-order valence-electron chi connectivity index (χ3n) is 4.03. The fourth-order valence-corrected chi connectivity index (χ4v) is 2.87. The van der Waals surface area contributed by atoms with Crippen LogP contribution in [0.2, 0.25) is 0 Å². The van der Waals surface area contributed by atoms with Crippen LogP contribution < -0.4 is 11.1 Å². The number of rotatable bonds is 3. The van der Waals surface area contributed by atoms with Gasteiger partial charge in [-0.1, -0.05) is 18.2 Å². The second kappa shape index (κ2) is 5.12. The van der Waals surface area contributed by atoms with Crippen molar-refractivity contribution in [2.45, 2.75) is 44.3 Å². The van der Waals surface area contributed by atoms with Gasteiger partial charge in [0.15, 0.2) is 0 Å². The molecule has 0 amide bonds. The second-order valence-electron chi connectivity index (χ2n) is 5.35. The maximum Gasteiger partial charge on any atom is 0.0499 e. The first-order valence-electron chi connectivity index (χ1n) is 6.87. The monoisotopic (exact) mass is 243 g/mol.